The average Bonchev–Trinajstić information content (AvgIpc) is 2.50. The van der Waals surface area contributed by atoms with Crippen molar-refractivity contribution in [2.45, 2.75) is 24.9 Å². The number of hydrogen-bond donors (Lipinski definition) is 1. The van der Waals surface area contributed by atoms with Crippen LogP contribution in [-0.4, -0.2) is 29.6 Å². The molecule has 0 aliphatic heterocycles. The summed E-state index contributed by atoms with van der Waals surface area (Å²) in [6.45, 7) is 1.22. The highest BCUT2D eigenvalue weighted by Gasteiger charge is 2.76. The number of nitrogens with one attached hydrogen (secondary N) is 1. The SMILES string of the molecule is CC(/C=C/c1ccccc1)=N\NC(=O)C(F)(F)C(F)(F)C(F)(F)F. The summed E-state index contributed by atoms with van der Waals surface area (Å²) in [5.74, 6) is -15.4. The Morgan fingerprint density at radius 3 is 2.08 bits per heavy atom. The molecule has 0 saturated carbocycles. The van der Waals surface area contributed by atoms with Crippen LogP contribution in [0.5, 0.6) is 0 Å². The number of halogens is 7. The van der Waals surface area contributed by atoms with E-state index in [1.165, 1.54) is 19.1 Å². The van der Waals surface area contributed by atoms with Gasteiger partial charge in [0.25, 0.3) is 0 Å². The predicted octanol–water partition coefficient (Wildman–Crippen LogP) is 4.02. The van der Waals surface area contributed by atoms with Crippen LogP contribution in [0.3, 0.4) is 0 Å². The first kappa shape index (κ1) is 19.7. The highest BCUT2D eigenvalue weighted by atomic mass is 19.4. The summed E-state index contributed by atoms with van der Waals surface area (Å²) in [5, 5.41) is 3.05. The maximum absolute atomic E-state index is 13.0. The van der Waals surface area contributed by atoms with Gasteiger partial charge in [-0.1, -0.05) is 36.4 Å². The van der Waals surface area contributed by atoms with Crippen molar-refractivity contribution in [2.75, 3.05) is 0 Å². The molecule has 0 aromatic heterocycles. The van der Waals surface area contributed by atoms with Gasteiger partial charge in [0.1, 0.15) is 0 Å². The summed E-state index contributed by atoms with van der Waals surface area (Å²) in [6.07, 6.45) is -3.87. The van der Waals surface area contributed by atoms with E-state index in [0.29, 0.717) is 5.56 Å². The molecule has 0 radical (unpaired) electrons. The molecular weight excluding hydrogens is 345 g/mol. The van der Waals surface area contributed by atoms with E-state index in [-0.39, 0.29) is 5.71 Å². The Morgan fingerprint density at radius 1 is 1.04 bits per heavy atom. The minimum Gasteiger partial charge on any atom is -0.266 e. The maximum atomic E-state index is 13.0. The third kappa shape index (κ3) is 4.33. The van der Waals surface area contributed by atoms with Crippen molar-refractivity contribution < 1.29 is 35.5 Å². The van der Waals surface area contributed by atoms with Crippen molar-refractivity contribution in [3.05, 3.63) is 42.0 Å². The zero-order valence-electron chi connectivity index (χ0n) is 12.0. The maximum Gasteiger partial charge on any atom is 0.460 e. The van der Waals surface area contributed by atoms with Crippen molar-refractivity contribution in [3.8, 4) is 0 Å². The van der Waals surface area contributed by atoms with Crippen LogP contribution in [0.25, 0.3) is 6.08 Å². The molecule has 0 aliphatic carbocycles. The minimum atomic E-state index is -6.58. The topological polar surface area (TPSA) is 41.5 Å². The number of alkyl halides is 7. The van der Waals surface area contributed by atoms with Gasteiger partial charge in [0.05, 0.1) is 5.71 Å². The number of amides is 1. The van der Waals surface area contributed by atoms with E-state index < -0.39 is 23.9 Å². The van der Waals surface area contributed by atoms with E-state index in [9.17, 15) is 35.5 Å². The molecule has 0 fully saturated rings. The van der Waals surface area contributed by atoms with E-state index in [2.05, 4.69) is 5.10 Å². The first-order valence-corrected chi connectivity index (χ1v) is 6.30. The van der Waals surface area contributed by atoms with Crippen LogP contribution in [0.1, 0.15) is 12.5 Å². The quantitative estimate of drug-likeness (QED) is 0.483. The third-order valence-corrected chi connectivity index (χ3v) is 2.69. The standard InChI is InChI=1S/C14H11F7N2O/c1-9(7-8-10-5-3-2-4-6-10)22-23-11(24)12(15,16)13(17,18)14(19,20)21/h2-8H,1H3,(H,23,24)/b8-7+,22-9+. The lowest BCUT2D eigenvalue weighted by molar-refractivity contribution is -0.344. The van der Waals surface area contributed by atoms with Gasteiger partial charge in [-0.15, -0.1) is 0 Å². The Morgan fingerprint density at radius 2 is 1.58 bits per heavy atom. The van der Waals surface area contributed by atoms with Crippen LogP contribution >= 0.6 is 0 Å². The number of carbonyl (C=O) groups is 1. The monoisotopic (exact) mass is 356 g/mol. The third-order valence-electron chi connectivity index (χ3n) is 2.69. The van der Waals surface area contributed by atoms with Crippen LogP contribution in [0.4, 0.5) is 30.7 Å². The number of hydrogen-bond acceptors (Lipinski definition) is 2. The van der Waals surface area contributed by atoms with E-state index in [4.69, 9.17) is 0 Å². The normalized spacial score (nSPS) is 14.1. The molecular formula is C14H11F7N2O. The zero-order valence-corrected chi connectivity index (χ0v) is 12.0. The summed E-state index contributed by atoms with van der Waals surface area (Å²) < 4.78 is 87.2. The molecule has 132 valence electrons. The summed E-state index contributed by atoms with van der Waals surface area (Å²) in [5.41, 5.74) is 1.59. The highest BCUT2D eigenvalue weighted by molar-refractivity contribution is 5.97. The fourth-order valence-corrected chi connectivity index (χ4v) is 1.35. The van der Waals surface area contributed by atoms with Gasteiger partial charge < -0.3 is 0 Å². The Hall–Kier alpha value is -2.39. The van der Waals surface area contributed by atoms with Gasteiger partial charge in [-0.25, -0.2) is 5.43 Å². The van der Waals surface area contributed by atoms with Gasteiger partial charge in [-0.05, 0) is 18.6 Å². The van der Waals surface area contributed by atoms with Crippen molar-refractivity contribution in [1.82, 2.24) is 5.43 Å². The molecule has 0 unspecified atom stereocenters. The number of allylic oxidation sites excluding steroid dienone is 1. The Labute approximate surface area is 131 Å². The highest BCUT2D eigenvalue weighted by Crippen LogP contribution is 2.46. The van der Waals surface area contributed by atoms with Crippen LogP contribution in [0, 0.1) is 0 Å². The molecule has 0 aliphatic rings. The summed E-state index contributed by atoms with van der Waals surface area (Å²) in [7, 11) is 0. The molecule has 3 nitrogen and oxygen atoms in total. The first-order valence-electron chi connectivity index (χ1n) is 6.30. The minimum absolute atomic E-state index is 0.0988. The van der Waals surface area contributed by atoms with E-state index in [1.54, 1.807) is 30.3 Å². The van der Waals surface area contributed by atoms with Gasteiger partial charge in [0, 0.05) is 0 Å². The predicted molar refractivity (Wildman–Crippen MR) is 72.7 cm³/mol. The lowest BCUT2D eigenvalue weighted by atomic mass is 10.1. The average molecular weight is 356 g/mol. The van der Waals surface area contributed by atoms with Crippen molar-refractivity contribution in [1.29, 1.82) is 0 Å². The summed E-state index contributed by atoms with van der Waals surface area (Å²) in [4.78, 5) is 11.0. The number of benzene rings is 1. The van der Waals surface area contributed by atoms with Gasteiger partial charge in [-0.3, -0.25) is 4.79 Å². The van der Waals surface area contributed by atoms with Crippen LogP contribution in [-0.2, 0) is 4.79 Å². The second-order valence-electron chi connectivity index (χ2n) is 4.58. The number of rotatable bonds is 5. The van der Waals surface area contributed by atoms with Crippen molar-refractivity contribution >= 4 is 17.7 Å². The lowest BCUT2D eigenvalue weighted by Crippen LogP contribution is -2.58. The van der Waals surface area contributed by atoms with E-state index >= 15 is 0 Å². The largest absolute Gasteiger partial charge is 0.460 e. The Kier molecular flexibility index (Phi) is 5.75. The lowest BCUT2D eigenvalue weighted by Gasteiger charge is -2.26. The molecule has 24 heavy (non-hydrogen) atoms. The molecule has 0 bridgehead atoms. The van der Waals surface area contributed by atoms with Gasteiger partial charge in [0.2, 0.25) is 0 Å². The molecule has 10 heteroatoms. The molecule has 1 aromatic rings. The second kappa shape index (κ2) is 7.02. The molecule has 1 rings (SSSR count). The molecule has 1 aromatic carbocycles. The van der Waals surface area contributed by atoms with E-state index in [0.717, 1.165) is 5.43 Å². The second-order valence-corrected chi connectivity index (χ2v) is 4.58. The molecule has 0 spiro atoms. The van der Waals surface area contributed by atoms with Gasteiger partial charge in [-0.2, -0.15) is 35.8 Å². The van der Waals surface area contributed by atoms with E-state index in [1.807, 2.05) is 0 Å². The zero-order chi connectivity index (χ0) is 18.6. The van der Waals surface area contributed by atoms with Crippen LogP contribution in [0.2, 0.25) is 0 Å². The smallest absolute Gasteiger partial charge is 0.266 e. The van der Waals surface area contributed by atoms with Gasteiger partial charge in [0.15, 0.2) is 0 Å². The van der Waals surface area contributed by atoms with Crippen LogP contribution < -0.4 is 5.43 Å². The molecule has 1 amide bonds. The molecule has 0 atom stereocenters. The Bertz CT molecular complexity index is 636. The van der Waals surface area contributed by atoms with Gasteiger partial charge >= 0.3 is 23.9 Å². The first-order chi connectivity index (χ1) is 10.9. The van der Waals surface area contributed by atoms with Crippen LogP contribution in [0.15, 0.2) is 41.5 Å². The fourth-order valence-electron chi connectivity index (χ4n) is 1.35. The van der Waals surface area contributed by atoms with Crippen molar-refractivity contribution in [2.24, 2.45) is 5.10 Å². The van der Waals surface area contributed by atoms with Crippen molar-refractivity contribution in [3.63, 3.8) is 0 Å². The summed E-state index contributed by atoms with van der Waals surface area (Å²) >= 11 is 0. The Balaban J connectivity index is 2.82. The molecule has 0 heterocycles. The number of carbonyl (C=O) groups excluding carboxylic acids is 1. The number of nitrogens with zero attached hydrogens (tertiary/aromatic N) is 1. The molecule has 0 saturated heterocycles. The fraction of sp³-hybridized carbons (Fsp3) is 0.286. The molecule has 1 N–H and O–H groups in total. The summed E-state index contributed by atoms with van der Waals surface area (Å²) in [6, 6.07) is 8.50. The number of hydrazone groups is 1.